The summed E-state index contributed by atoms with van der Waals surface area (Å²) in [6, 6.07) is 5.52. The van der Waals surface area contributed by atoms with Crippen molar-refractivity contribution in [2.45, 2.75) is 25.7 Å². The van der Waals surface area contributed by atoms with Gasteiger partial charge >= 0.3 is 5.97 Å². The molecule has 2 aromatic rings. The molecular formula is C15H15FN2O3S. The lowest BCUT2D eigenvalue weighted by Gasteiger charge is -2.14. The van der Waals surface area contributed by atoms with Crippen LogP contribution >= 0.6 is 11.3 Å². The molecule has 0 aliphatic carbocycles. The summed E-state index contributed by atoms with van der Waals surface area (Å²) in [6.07, 6.45) is 1.45. The number of carbonyl (C=O) groups is 2. The summed E-state index contributed by atoms with van der Waals surface area (Å²) in [5.74, 6) is -2.24. The van der Waals surface area contributed by atoms with Gasteiger partial charge in [-0.2, -0.15) is 0 Å². The largest absolute Gasteiger partial charge is 0.481 e. The Bertz CT molecular complexity index is 670. The maximum absolute atomic E-state index is 13.0. The van der Waals surface area contributed by atoms with Gasteiger partial charge < -0.3 is 10.4 Å². The van der Waals surface area contributed by atoms with Crippen molar-refractivity contribution in [2.24, 2.45) is 0 Å². The number of halogens is 1. The highest BCUT2D eigenvalue weighted by Gasteiger charge is 2.20. The minimum atomic E-state index is -1.01. The molecule has 1 amide bonds. The Morgan fingerprint density at radius 1 is 1.32 bits per heavy atom. The topological polar surface area (TPSA) is 79.3 Å². The molecule has 0 fully saturated rings. The molecule has 0 bridgehead atoms. The summed E-state index contributed by atoms with van der Waals surface area (Å²) >= 11 is 1.35. The minimum absolute atomic E-state index is 0.00341. The summed E-state index contributed by atoms with van der Waals surface area (Å²) in [4.78, 5) is 28.0. The molecule has 22 heavy (non-hydrogen) atoms. The number of amides is 1. The van der Waals surface area contributed by atoms with Gasteiger partial charge in [-0.05, 0) is 24.6 Å². The quantitative estimate of drug-likeness (QED) is 0.856. The number of rotatable bonds is 6. The van der Waals surface area contributed by atoms with Gasteiger partial charge in [0, 0.05) is 23.4 Å². The molecule has 0 aliphatic heterocycles. The first-order valence-electron chi connectivity index (χ1n) is 6.63. The van der Waals surface area contributed by atoms with Crippen molar-refractivity contribution in [3.63, 3.8) is 0 Å². The van der Waals surface area contributed by atoms with Crippen LogP contribution in [0.15, 0.2) is 30.5 Å². The molecule has 1 aromatic carbocycles. The number of carboxylic acids is 1. The van der Waals surface area contributed by atoms with Crippen LogP contribution in [-0.4, -0.2) is 22.0 Å². The van der Waals surface area contributed by atoms with Gasteiger partial charge in [-0.1, -0.05) is 12.1 Å². The molecule has 1 unspecified atom stereocenters. The highest BCUT2D eigenvalue weighted by Crippen LogP contribution is 2.25. The Morgan fingerprint density at radius 3 is 2.55 bits per heavy atom. The molecular weight excluding hydrogens is 307 g/mol. The van der Waals surface area contributed by atoms with Crippen LogP contribution in [0.1, 0.15) is 29.2 Å². The van der Waals surface area contributed by atoms with Crippen molar-refractivity contribution in [1.82, 2.24) is 4.98 Å². The second kappa shape index (κ2) is 7.13. The SMILES string of the molecule is Cc1cnc(NC(=O)CC(CC(=O)O)c2ccc(F)cc2)s1. The predicted molar refractivity (Wildman–Crippen MR) is 81.5 cm³/mol. The van der Waals surface area contributed by atoms with E-state index < -0.39 is 17.7 Å². The molecule has 0 saturated heterocycles. The zero-order valence-electron chi connectivity index (χ0n) is 11.9. The third kappa shape index (κ3) is 4.63. The molecule has 116 valence electrons. The third-order valence-corrected chi connectivity index (χ3v) is 3.89. The highest BCUT2D eigenvalue weighted by atomic mass is 32.1. The van der Waals surface area contributed by atoms with Crippen LogP contribution in [0.4, 0.5) is 9.52 Å². The Labute approximate surface area is 130 Å². The van der Waals surface area contributed by atoms with Crippen molar-refractivity contribution < 1.29 is 19.1 Å². The number of hydrogen-bond acceptors (Lipinski definition) is 4. The summed E-state index contributed by atoms with van der Waals surface area (Å²) in [6.45, 7) is 1.87. The molecule has 1 aromatic heterocycles. The van der Waals surface area contributed by atoms with Crippen LogP contribution in [0.2, 0.25) is 0 Å². The number of anilines is 1. The number of thiazole rings is 1. The fourth-order valence-corrected chi connectivity index (χ4v) is 2.74. The molecule has 1 heterocycles. The lowest BCUT2D eigenvalue weighted by atomic mass is 9.92. The number of carbonyl (C=O) groups excluding carboxylic acids is 1. The van der Waals surface area contributed by atoms with Gasteiger partial charge in [-0.15, -0.1) is 11.3 Å². The lowest BCUT2D eigenvalue weighted by Crippen LogP contribution is -2.17. The van der Waals surface area contributed by atoms with Crippen LogP contribution in [0.5, 0.6) is 0 Å². The van der Waals surface area contributed by atoms with Gasteiger partial charge in [0.2, 0.25) is 5.91 Å². The zero-order valence-corrected chi connectivity index (χ0v) is 12.7. The Morgan fingerprint density at radius 2 is 2.00 bits per heavy atom. The van der Waals surface area contributed by atoms with Crippen molar-refractivity contribution >= 4 is 28.3 Å². The normalized spacial score (nSPS) is 11.9. The van der Waals surface area contributed by atoms with E-state index in [-0.39, 0.29) is 18.7 Å². The minimum Gasteiger partial charge on any atom is -0.481 e. The molecule has 0 radical (unpaired) electrons. The van der Waals surface area contributed by atoms with E-state index in [0.717, 1.165) is 4.88 Å². The van der Waals surface area contributed by atoms with E-state index in [4.69, 9.17) is 5.11 Å². The number of nitrogens with zero attached hydrogens (tertiary/aromatic N) is 1. The number of hydrogen-bond donors (Lipinski definition) is 2. The van der Waals surface area contributed by atoms with Crippen molar-refractivity contribution in [3.8, 4) is 0 Å². The van der Waals surface area contributed by atoms with E-state index in [9.17, 15) is 14.0 Å². The van der Waals surface area contributed by atoms with Crippen molar-refractivity contribution in [2.75, 3.05) is 5.32 Å². The summed E-state index contributed by atoms with van der Waals surface area (Å²) in [5, 5.41) is 12.1. The van der Waals surface area contributed by atoms with Crippen LogP contribution in [0.3, 0.4) is 0 Å². The number of carboxylic acid groups (broad SMARTS) is 1. The molecule has 2 N–H and O–H groups in total. The highest BCUT2D eigenvalue weighted by molar-refractivity contribution is 7.15. The number of nitrogens with one attached hydrogen (secondary N) is 1. The molecule has 0 spiro atoms. The van der Waals surface area contributed by atoms with Crippen LogP contribution in [0.25, 0.3) is 0 Å². The summed E-state index contributed by atoms with van der Waals surface area (Å²) < 4.78 is 13.0. The van der Waals surface area contributed by atoms with Gasteiger partial charge in [0.1, 0.15) is 5.82 Å². The van der Waals surface area contributed by atoms with Gasteiger partial charge in [0.25, 0.3) is 0 Å². The molecule has 0 saturated carbocycles. The van der Waals surface area contributed by atoms with E-state index in [1.165, 1.54) is 35.6 Å². The summed E-state index contributed by atoms with van der Waals surface area (Å²) in [7, 11) is 0. The maximum Gasteiger partial charge on any atom is 0.303 e. The molecule has 7 heteroatoms. The first kappa shape index (κ1) is 16.1. The predicted octanol–water partition coefficient (Wildman–Crippen LogP) is 3.18. The number of aliphatic carboxylic acids is 1. The second-order valence-corrected chi connectivity index (χ2v) is 6.11. The van der Waals surface area contributed by atoms with E-state index in [1.807, 2.05) is 6.92 Å². The van der Waals surface area contributed by atoms with Gasteiger partial charge in [-0.25, -0.2) is 9.37 Å². The first-order valence-corrected chi connectivity index (χ1v) is 7.45. The van der Waals surface area contributed by atoms with E-state index in [1.54, 1.807) is 6.20 Å². The maximum atomic E-state index is 13.0. The average molecular weight is 322 g/mol. The standard InChI is InChI=1S/C15H15FN2O3S/c1-9-8-17-15(22-9)18-13(19)6-11(7-14(20)21)10-2-4-12(16)5-3-10/h2-5,8,11H,6-7H2,1H3,(H,20,21)(H,17,18,19). The van der Waals surface area contributed by atoms with Crippen LogP contribution in [0, 0.1) is 12.7 Å². The van der Waals surface area contributed by atoms with Crippen molar-refractivity contribution in [3.05, 3.63) is 46.7 Å². The number of aromatic nitrogens is 1. The van der Waals surface area contributed by atoms with E-state index in [0.29, 0.717) is 10.7 Å². The third-order valence-electron chi connectivity index (χ3n) is 3.06. The Hall–Kier alpha value is -2.28. The monoisotopic (exact) mass is 322 g/mol. The number of benzene rings is 1. The first-order chi connectivity index (χ1) is 10.4. The molecule has 1 atom stereocenters. The Kier molecular flexibility index (Phi) is 5.21. The van der Waals surface area contributed by atoms with Gasteiger partial charge in [-0.3, -0.25) is 9.59 Å². The number of aryl methyl sites for hydroxylation is 1. The summed E-state index contributed by atoms with van der Waals surface area (Å²) in [5.41, 5.74) is 0.620. The molecule has 5 nitrogen and oxygen atoms in total. The van der Waals surface area contributed by atoms with E-state index in [2.05, 4.69) is 10.3 Å². The lowest BCUT2D eigenvalue weighted by molar-refractivity contribution is -0.137. The van der Waals surface area contributed by atoms with Crippen molar-refractivity contribution in [1.29, 1.82) is 0 Å². The van der Waals surface area contributed by atoms with E-state index >= 15 is 0 Å². The van der Waals surface area contributed by atoms with Gasteiger partial charge in [0.15, 0.2) is 5.13 Å². The zero-order chi connectivity index (χ0) is 16.1. The van der Waals surface area contributed by atoms with Crippen LogP contribution < -0.4 is 5.32 Å². The fraction of sp³-hybridized carbons (Fsp3) is 0.267. The molecule has 0 aliphatic rings. The average Bonchev–Trinajstić information content (AvgIpc) is 2.83. The Balaban J connectivity index is 2.07. The fourth-order valence-electron chi connectivity index (χ4n) is 2.06. The molecule has 2 rings (SSSR count). The smallest absolute Gasteiger partial charge is 0.303 e. The van der Waals surface area contributed by atoms with Gasteiger partial charge in [0.05, 0.1) is 6.42 Å². The second-order valence-electron chi connectivity index (χ2n) is 4.87. The van der Waals surface area contributed by atoms with Crippen LogP contribution in [-0.2, 0) is 9.59 Å².